The van der Waals surface area contributed by atoms with Gasteiger partial charge in [0.1, 0.15) is 0 Å². The Bertz CT molecular complexity index is 338. The van der Waals surface area contributed by atoms with E-state index in [0.29, 0.717) is 39.1 Å². The molecule has 1 saturated heterocycles. The second-order valence-corrected chi connectivity index (χ2v) is 7.76. The number of hydrogen-bond acceptors (Lipinski definition) is 2. The summed E-state index contributed by atoms with van der Waals surface area (Å²) in [5, 5.41) is 0. The summed E-state index contributed by atoms with van der Waals surface area (Å²) >= 11 is 0. The van der Waals surface area contributed by atoms with E-state index in [-0.39, 0.29) is 5.91 Å². The molecule has 1 amide bonds. The molecule has 5 nitrogen and oxygen atoms in total. The molecule has 1 rings (SSSR count). The Balaban J connectivity index is 3.20. The Hall–Kier alpha value is -0.380. The van der Waals surface area contributed by atoms with Gasteiger partial charge in [-0.05, 0) is 12.8 Å². The lowest BCUT2D eigenvalue weighted by Gasteiger charge is -2.43. The highest BCUT2D eigenvalue weighted by Crippen LogP contribution is 2.56. The van der Waals surface area contributed by atoms with Gasteiger partial charge >= 0.3 is 7.59 Å². The highest BCUT2D eigenvalue weighted by Gasteiger charge is 2.43. The van der Waals surface area contributed by atoms with Crippen molar-refractivity contribution in [3.63, 3.8) is 0 Å². The SMILES string of the molecule is CCN(CC)P(=O)(N(CC)CC)N1CCCCCC1=O. The zero-order valence-corrected chi connectivity index (χ0v) is 14.4. The molecule has 1 heterocycles. The van der Waals surface area contributed by atoms with Gasteiger partial charge in [-0.3, -0.25) is 14.0 Å². The predicted octanol–water partition coefficient (Wildman–Crippen LogP) is 3.18. The average Bonchev–Trinajstić information content (AvgIpc) is 2.66. The van der Waals surface area contributed by atoms with E-state index in [1.807, 2.05) is 37.0 Å². The lowest BCUT2D eigenvalue weighted by atomic mass is 10.2. The van der Waals surface area contributed by atoms with Crippen molar-refractivity contribution < 1.29 is 9.36 Å². The summed E-state index contributed by atoms with van der Waals surface area (Å²) in [6.07, 6.45) is 3.47. The fraction of sp³-hybridized carbons (Fsp3) is 0.929. The van der Waals surface area contributed by atoms with Gasteiger partial charge in [0.25, 0.3) is 0 Å². The van der Waals surface area contributed by atoms with Crippen LogP contribution in [0.15, 0.2) is 0 Å². The maximum atomic E-state index is 13.8. The van der Waals surface area contributed by atoms with Crippen LogP contribution < -0.4 is 0 Å². The molecule has 1 aliphatic heterocycles. The van der Waals surface area contributed by atoms with Crippen molar-refractivity contribution in [3.05, 3.63) is 0 Å². The van der Waals surface area contributed by atoms with Crippen LogP contribution in [-0.2, 0) is 9.36 Å². The highest BCUT2D eigenvalue weighted by molar-refractivity contribution is 7.57. The molecule has 0 spiro atoms. The van der Waals surface area contributed by atoms with E-state index in [0.717, 1.165) is 19.3 Å². The third-order valence-electron chi connectivity index (χ3n) is 4.06. The first-order valence-corrected chi connectivity index (χ1v) is 9.54. The van der Waals surface area contributed by atoms with Crippen molar-refractivity contribution in [2.75, 3.05) is 32.7 Å². The van der Waals surface area contributed by atoms with Gasteiger partial charge in [-0.25, -0.2) is 9.34 Å². The quantitative estimate of drug-likeness (QED) is 0.678. The van der Waals surface area contributed by atoms with Crippen LogP contribution in [0.25, 0.3) is 0 Å². The first-order chi connectivity index (χ1) is 9.55. The minimum absolute atomic E-state index is 0.0598. The largest absolute Gasteiger partial charge is 0.313 e. The van der Waals surface area contributed by atoms with E-state index in [1.54, 1.807) is 4.67 Å². The van der Waals surface area contributed by atoms with Crippen molar-refractivity contribution in [2.24, 2.45) is 0 Å². The zero-order valence-electron chi connectivity index (χ0n) is 13.5. The molecule has 0 radical (unpaired) electrons. The van der Waals surface area contributed by atoms with Gasteiger partial charge in [-0.15, -0.1) is 0 Å². The van der Waals surface area contributed by atoms with E-state index >= 15 is 0 Å². The third kappa shape index (κ3) is 3.44. The Morgan fingerprint density at radius 2 is 1.45 bits per heavy atom. The van der Waals surface area contributed by atoms with Gasteiger partial charge in [-0.2, -0.15) is 0 Å². The number of carbonyl (C=O) groups is 1. The standard InChI is InChI=1S/C14H30N3O2P/c1-5-15(6-2)20(19,16(7-3)8-4)17-13-11-9-10-12-14(17)18/h5-13H2,1-4H3. The number of hydrogen-bond donors (Lipinski definition) is 0. The Kier molecular flexibility index (Phi) is 7.21. The predicted molar refractivity (Wildman–Crippen MR) is 83.6 cm³/mol. The summed E-state index contributed by atoms with van der Waals surface area (Å²) in [7, 11) is -2.95. The van der Waals surface area contributed by atoms with Crippen molar-refractivity contribution in [2.45, 2.75) is 53.4 Å². The Morgan fingerprint density at radius 1 is 0.950 bits per heavy atom. The summed E-state index contributed by atoms with van der Waals surface area (Å²) in [4.78, 5) is 12.4. The highest BCUT2D eigenvalue weighted by atomic mass is 31.2. The van der Waals surface area contributed by atoms with Crippen LogP contribution in [0.4, 0.5) is 0 Å². The van der Waals surface area contributed by atoms with E-state index in [4.69, 9.17) is 0 Å². The molecule has 0 N–H and O–H groups in total. The normalized spacial score (nSPS) is 17.9. The first-order valence-electron chi connectivity index (χ1n) is 7.97. The number of amides is 1. The van der Waals surface area contributed by atoms with Crippen LogP contribution in [0.1, 0.15) is 53.4 Å². The molecule has 0 atom stereocenters. The minimum atomic E-state index is -2.95. The maximum Gasteiger partial charge on any atom is 0.313 e. The average molecular weight is 303 g/mol. The summed E-state index contributed by atoms with van der Waals surface area (Å²) in [6.45, 7) is 11.5. The topological polar surface area (TPSA) is 43.9 Å². The van der Waals surface area contributed by atoms with Crippen molar-refractivity contribution in [3.8, 4) is 0 Å². The molecular weight excluding hydrogens is 273 g/mol. The van der Waals surface area contributed by atoms with Gasteiger partial charge in [0, 0.05) is 39.1 Å². The van der Waals surface area contributed by atoms with Crippen LogP contribution in [0, 0.1) is 0 Å². The Morgan fingerprint density at radius 3 is 1.90 bits per heavy atom. The maximum absolute atomic E-state index is 13.8. The van der Waals surface area contributed by atoms with E-state index in [2.05, 4.69) is 0 Å². The van der Waals surface area contributed by atoms with E-state index < -0.39 is 7.59 Å². The summed E-state index contributed by atoms with van der Waals surface area (Å²) in [5.74, 6) is 0.0598. The van der Waals surface area contributed by atoms with Crippen LogP contribution in [-0.4, -0.2) is 52.6 Å². The minimum Gasteiger partial charge on any atom is -0.274 e. The fourth-order valence-electron chi connectivity index (χ4n) is 2.91. The molecule has 1 aliphatic rings. The molecular formula is C14H30N3O2P. The smallest absolute Gasteiger partial charge is 0.274 e. The summed E-state index contributed by atoms with van der Waals surface area (Å²) in [6, 6.07) is 0. The van der Waals surface area contributed by atoms with Gasteiger partial charge in [-0.1, -0.05) is 34.1 Å². The second-order valence-electron chi connectivity index (χ2n) is 5.12. The van der Waals surface area contributed by atoms with Crippen LogP contribution in [0.2, 0.25) is 0 Å². The van der Waals surface area contributed by atoms with Gasteiger partial charge < -0.3 is 0 Å². The third-order valence-corrected chi connectivity index (χ3v) is 7.72. The summed E-state index contributed by atoms with van der Waals surface area (Å²) in [5.41, 5.74) is 0. The number of nitrogens with zero attached hydrogens (tertiary/aromatic N) is 3. The van der Waals surface area contributed by atoms with Gasteiger partial charge in [0.15, 0.2) is 0 Å². The van der Waals surface area contributed by atoms with Crippen LogP contribution in [0.3, 0.4) is 0 Å². The van der Waals surface area contributed by atoms with Crippen molar-refractivity contribution >= 4 is 13.5 Å². The fourth-order valence-corrected chi connectivity index (χ4v) is 6.15. The molecule has 0 bridgehead atoms. The lowest BCUT2D eigenvalue weighted by molar-refractivity contribution is -0.126. The molecule has 0 aromatic carbocycles. The molecule has 20 heavy (non-hydrogen) atoms. The van der Waals surface area contributed by atoms with Crippen molar-refractivity contribution in [1.82, 2.24) is 14.0 Å². The van der Waals surface area contributed by atoms with Crippen LogP contribution in [0.5, 0.6) is 0 Å². The molecule has 0 aromatic rings. The molecule has 0 saturated carbocycles. The number of rotatable bonds is 7. The molecule has 0 aliphatic carbocycles. The van der Waals surface area contributed by atoms with E-state index in [9.17, 15) is 9.36 Å². The molecule has 0 unspecified atom stereocenters. The van der Waals surface area contributed by atoms with Gasteiger partial charge in [0.2, 0.25) is 5.91 Å². The van der Waals surface area contributed by atoms with Gasteiger partial charge in [0.05, 0.1) is 0 Å². The molecule has 1 fully saturated rings. The first kappa shape index (κ1) is 17.7. The molecule has 118 valence electrons. The number of carbonyl (C=O) groups excluding carboxylic acids is 1. The lowest BCUT2D eigenvalue weighted by Crippen LogP contribution is -2.43. The zero-order chi connectivity index (χ0) is 15.2. The summed E-state index contributed by atoms with van der Waals surface area (Å²) < 4.78 is 19.5. The molecule has 0 aromatic heterocycles. The van der Waals surface area contributed by atoms with Crippen LogP contribution >= 0.6 is 7.59 Å². The monoisotopic (exact) mass is 303 g/mol. The Labute approximate surface area is 123 Å². The molecule has 6 heteroatoms. The van der Waals surface area contributed by atoms with E-state index in [1.165, 1.54) is 0 Å². The second kappa shape index (κ2) is 8.16. The van der Waals surface area contributed by atoms with Crippen molar-refractivity contribution in [1.29, 1.82) is 0 Å².